The second-order valence-corrected chi connectivity index (χ2v) is 7.46. The molecule has 0 unspecified atom stereocenters. The first-order chi connectivity index (χ1) is 10.1. The minimum Gasteiger partial charge on any atom is -0.433 e. The second-order valence-electron chi connectivity index (χ2n) is 5.52. The van der Waals surface area contributed by atoms with Gasteiger partial charge in [-0.25, -0.2) is 13.2 Å². The van der Waals surface area contributed by atoms with Crippen LogP contribution in [0, 0.1) is 11.8 Å². The van der Waals surface area contributed by atoms with Gasteiger partial charge in [-0.1, -0.05) is 11.8 Å². The summed E-state index contributed by atoms with van der Waals surface area (Å²) in [6.45, 7) is 5.01. The number of rotatable bonds is 3. The lowest BCUT2D eigenvalue weighted by molar-refractivity contribution is 0.154. The molecule has 0 saturated heterocycles. The summed E-state index contributed by atoms with van der Waals surface area (Å²) >= 11 is 0. The van der Waals surface area contributed by atoms with Gasteiger partial charge in [0.15, 0.2) is 5.94 Å². The van der Waals surface area contributed by atoms with E-state index in [-0.39, 0.29) is 11.5 Å². The number of alkyl carbamates (subject to hydrolysis) is 1. The van der Waals surface area contributed by atoms with Crippen LogP contribution in [-0.4, -0.2) is 37.7 Å². The van der Waals surface area contributed by atoms with Gasteiger partial charge in [-0.05, 0) is 45.0 Å². The molecule has 2 N–H and O–H groups in total. The Labute approximate surface area is 130 Å². The van der Waals surface area contributed by atoms with Crippen molar-refractivity contribution in [1.82, 2.24) is 5.32 Å². The van der Waals surface area contributed by atoms with Gasteiger partial charge in [0.1, 0.15) is 6.61 Å². The quantitative estimate of drug-likeness (QED) is 0.817. The first-order valence-corrected chi connectivity index (χ1v) is 8.17. The number of benzene rings is 1. The standard InChI is InChI=1S/C15H19NO5S/c1-15(2,3)16-14(18)21-11-22(19,20)13-8-6-12(7-9-13)5-4-10-17/h6-9,17H,10-11H2,1-3H3,(H,16,18). The third-order valence-electron chi connectivity index (χ3n) is 2.35. The first kappa shape index (κ1) is 18.0. The summed E-state index contributed by atoms with van der Waals surface area (Å²) in [5.74, 6) is 4.38. The summed E-state index contributed by atoms with van der Waals surface area (Å²) in [7, 11) is -3.73. The SMILES string of the molecule is CC(C)(C)NC(=O)OCS(=O)(=O)c1ccc(C#CCO)cc1. The van der Waals surface area contributed by atoms with Crippen LogP contribution in [0.15, 0.2) is 29.2 Å². The van der Waals surface area contributed by atoms with E-state index < -0.39 is 27.4 Å². The zero-order valence-corrected chi connectivity index (χ0v) is 13.5. The van der Waals surface area contributed by atoms with E-state index in [0.717, 1.165) is 0 Å². The molecule has 1 rings (SSSR count). The predicted molar refractivity (Wildman–Crippen MR) is 81.8 cm³/mol. The lowest BCUT2D eigenvalue weighted by atomic mass is 10.1. The molecule has 1 amide bonds. The van der Waals surface area contributed by atoms with Crippen LogP contribution < -0.4 is 5.32 Å². The molecular formula is C15H19NO5S. The normalized spacial score (nSPS) is 11.3. The van der Waals surface area contributed by atoms with Crippen LogP contribution in [-0.2, 0) is 14.6 Å². The summed E-state index contributed by atoms with van der Waals surface area (Å²) in [6.07, 6.45) is -0.790. The molecule has 0 fully saturated rings. The summed E-state index contributed by atoms with van der Waals surface area (Å²) in [5.41, 5.74) is 0.0767. The zero-order chi connectivity index (χ0) is 16.8. The minimum absolute atomic E-state index is 0.0330. The van der Waals surface area contributed by atoms with Crippen LogP contribution in [0.1, 0.15) is 26.3 Å². The Morgan fingerprint density at radius 2 is 1.86 bits per heavy atom. The van der Waals surface area contributed by atoms with Gasteiger partial charge < -0.3 is 15.2 Å². The molecule has 0 saturated carbocycles. The molecule has 0 aliphatic heterocycles. The van der Waals surface area contributed by atoms with Crippen molar-refractivity contribution in [3.8, 4) is 11.8 Å². The highest BCUT2D eigenvalue weighted by Gasteiger charge is 2.19. The van der Waals surface area contributed by atoms with Crippen molar-refractivity contribution < 1.29 is 23.1 Å². The van der Waals surface area contributed by atoms with Crippen molar-refractivity contribution in [2.24, 2.45) is 0 Å². The molecule has 0 aliphatic rings. The van der Waals surface area contributed by atoms with Gasteiger partial charge in [-0.15, -0.1) is 0 Å². The van der Waals surface area contributed by atoms with Gasteiger partial charge in [0.2, 0.25) is 9.84 Å². The highest BCUT2D eigenvalue weighted by atomic mass is 32.2. The second kappa shape index (κ2) is 7.29. The van der Waals surface area contributed by atoms with E-state index in [1.807, 2.05) is 0 Å². The number of sulfone groups is 1. The molecule has 6 nitrogen and oxygen atoms in total. The number of aliphatic hydroxyl groups is 1. The molecule has 7 heteroatoms. The smallest absolute Gasteiger partial charge is 0.408 e. The van der Waals surface area contributed by atoms with Crippen LogP contribution in [0.4, 0.5) is 4.79 Å². The molecule has 0 bridgehead atoms. The van der Waals surface area contributed by atoms with E-state index in [4.69, 9.17) is 9.84 Å². The van der Waals surface area contributed by atoms with E-state index in [1.165, 1.54) is 24.3 Å². The molecule has 0 aromatic heterocycles. The number of carbonyl (C=O) groups is 1. The van der Waals surface area contributed by atoms with Crippen molar-refractivity contribution >= 4 is 15.9 Å². The van der Waals surface area contributed by atoms with Crippen molar-refractivity contribution in [2.45, 2.75) is 31.2 Å². The largest absolute Gasteiger partial charge is 0.433 e. The Morgan fingerprint density at radius 3 is 2.36 bits per heavy atom. The fourth-order valence-electron chi connectivity index (χ4n) is 1.43. The Morgan fingerprint density at radius 1 is 1.27 bits per heavy atom. The van der Waals surface area contributed by atoms with Crippen LogP contribution in [0.5, 0.6) is 0 Å². The summed E-state index contributed by atoms with van der Waals surface area (Å²) in [4.78, 5) is 11.5. The summed E-state index contributed by atoms with van der Waals surface area (Å²) < 4.78 is 28.8. The van der Waals surface area contributed by atoms with Crippen LogP contribution >= 0.6 is 0 Å². The van der Waals surface area contributed by atoms with E-state index >= 15 is 0 Å². The maximum atomic E-state index is 12.0. The van der Waals surface area contributed by atoms with Crippen molar-refractivity contribution in [1.29, 1.82) is 0 Å². The Hall–Kier alpha value is -2.04. The van der Waals surface area contributed by atoms with Crippen LogP contribution in [0.2, 0.25) is 0 Å². The Kier molecular flexibility index (Phi) is 5.97. The van der Waals surface area contributed by atoms with E-state index in [1.54, 1.807) is 20.8 Å². The van der Waals surface area contributed by atoms with Gasteiger partial charge in [-0.3, -0.25) is 0 Å². The number of ether oxygens (including phenoxy) is 1. The van der Waals surface area contributed by atoms with Gasteiger partial charge in [0.05, 0.1) is 4.90 Å². The lowest BCUT2D eigenvalue weighted by Gasteiger charge is -2.19. The summed E-state index contributed by atoms with van der Waals surface area (Å²) in [5, 5.41) is 11.1. The van der Waals surface area contributed by atoms with Crippen molar-refractivity contribution in [3.05, 3.63) is 29.8 Å². The zero-order valence-electron chi connectivity index (χ0n) is 12.7. The van der Waals surface area contributed by atoms with E-state index in [2.05, 4.69) is 17.2 Å². The fourth-order valence-corrected chi connectivity index (χ4v) is 2.38. The average molecular weight is 325 g/mol. The highest BCUT2D eigenvalue weighted by Crippen LogP contribution is 2.12. The molecule has 120 valence electrons. The minimum atomic E-state index is -3.73. The van der Waals surface area contributed by atoms with Gasteiger partial charge >= 0.3 is 6.09 Å². The molecule has 0 aliphatic carbocycles. The molecule has 0 radical (unpaired) electrons. The average Bonchev–Trinajstić information content (AvgIpc) is 2.42. The fraction of sp³-hybridized carbons (Fsp3) is 0.400. The van der Waals surface area contributed by atoms with E-state index in [9.17, 15) is 13.2 Å². The lowest BCUT2D eigenvalue weighted by Crippen LogP contribution is -2.41. The number of aliphatic hydroxyl groups excluding tert-OH is 1. The predicted octanol–water partition coefficient (Wildman–Crippen LogP) is 1.29. The first-order valence-electron chi connectivity index (χ1n) is 6.51. The number of hydrogen-bond donors (Lipinski definition) is 2. The van der Waals surface area contributed by atoms with E-state index in [0.29, 0.717) is 5.56 Å². The Balaban J connectivity index is 2.72. The van der Waals surface area contributed by atoms with Gasteiger partial charge in [-0.2, -0.15) is 0 Å². The molecule has 0 spiro atoms. The number of hydrogen-bond acceptors (Lipinski definition) is 5. The number of nitrogens with one attached hydrogen (secondary N) is 1. The van der Waals surface area contributed by atoms with Gasteiger partial charge in [0.25, 0.3) is 0 Å². The highest BCUT2D eigenvalue weighted by molar-refractivity contribution is 7.91. The van der Waals surface area contributed by atoms with Gasteiger partial charge in [0, 0.05) is 11.1 Å². The van der Waals surface area contributed by atoms with Crippen LogP contribution in [0.3, 0.4) is 0 Å². The Bertz CT molecular complexity index is 675. The molecule has 22 heavy (non-hydrogen) atoms. The number of carbonyl (C=O) groups excluding carboxylic acids is 1. The monoisotopic (exact) mass is 325 g/mol. The molecular weight excluding hydrogens is 306 g/mol. The third kappa shape index (κ3) is 6.16. The molecule has 1 aromatic rings. The molecule has 0 heterocycles. The van der Waals surface area contributed by atoms with Crippen LogP contribution in [0.25, 0.3) is 0 Å². The summed E-state index contributed by atoms with van der Waals surface area (Å²) in [6, 6.07) is 5.79. The maximum Gasteiger partial charge on any atom is 0.408 e. The topological polar surface area (TPSA) is 92.7 Å². The molecule has 1 aromatic carbocycles. The third-order valence-corrected chi connectivity index (χ3v) is 3.77. The van der Waals surface area contributed by atoms with Crippen molar-refractivity contribution in [2.75, 3.05) is 12.5 Å². The molecule has 0 atom stereocenters. The van der Waals surface area contributed by atoms with Crippen molar-refractivity contribution in [3.63, 3.8) is 0 Å². The maximum absolute atomic E-state index is 12.0. The number of amides is 1.